The van der Waals surface area contributed by atoms with Crippen molar-refractivity contribution in [3.05, 3.63) is 0 Å². The molecule has 108 valence electrons. The lowest BCUT2D eigenvalue weighted by Gasteiger charge is -2.64. The van der Waals surface area contributed by atoms with Crippen LogP contribution < -0.4 is 5.73 Å². The molecule has 19 heavy (non-hydrogen) atoms. The highest BCUT2D eigenvalue weighted by Gasteiger charge is 2.68. The Kier molecular flexibility index (Phi) is 3.09. The van der Waals surface area contributed by atoms with Gasteiger partial charge in [0, 0.05) is 5.94 Å². The van der Waals surface area contributed by atoms with Crippen LogP contribution in [-0.4, -0.2) is 24.8 Å². The summed E-state index contributed by atoms with van der Waals surface area (Å²) in [6, 6.07) is 0. The number of hydrogen-bond acceptors (Lipinski definition) is 3. The van der Waals surface area contributed by atoms with E-state index in [4.69, 9.17) is 15.0 Å². The molecule has 0 aromatic rings. The normalized spacial score (nSPS) is 45.0. The molecule has 1 saturated heterocycles. The maximum atomic E-state index is 6.35. The third kappa shape index (κ3) is 1.90. The van der Waals surface area contributed by atoms with Crippen molar-refractivity contribution in [3.8, 4) is 0 Å². The van der Waals surface area contributed by atoms with Gasteiger partial charge in [-0.15, -0.1) is 0 Å². The van der Waals surface area contributed by atoms with Crippen LogP contribution in [0.15, 0.2) is 0 Å². The molecule has 0 aromatic heterocycles. The summed E-state index contributed by atoms with van der Waals surface area (Å²) in [5, 5.41) is 0. The van der Waals surface area contributed by atoms with Crippen LogP contribution >= 0.6 is 0 Å². The summed E-state index contributed by atoms with van der Waals surface area (Å²) in [6.07, 6.45) is 3.67. The number of rotatable bonds is 3. The van der Waals surface area contributed by atoms with E-state index >= 15 is 0 Å². The number of hydrogen-bond donors (Lipinski definition) is 1. The Morgan fingerprint density at radius 2 is 1.95 bits per heavy atom. The Hall–Kier alpha value is -0.0551. The minimum absolute atomic E-state index is 0.00253. The smallest absolute Gasteiger partial charge is 0.404 e. The largest absolute Gasteiger partial charge is 0.475 e. The van der Waals surface area contributed by atoms with Crippen LogP contribution in [0.2, 0.25) is 0 Å². The summed E-state index contributed by atoms with van der Waals surface area (Å²) in [5.41, 5.74) is 6.56. The van der Waals surface area contributed by atoms with Crippen molar-refractivity contribution in [3.63, 3.8) is 0 Å². The van der Waals surface area contributed by atoms with E-state index in [0.29, 0.717) is 17.3 Å². The molecule has 1 heterocycles. The zero-order valence-electron chi connectivity index (χ0n) is 13.0. The first-order chi connectivity index (χ1) is 8.75. The first kappa shape index (κ1) is 13.9. The Morgan fingerprint density at radius 1 is 1.26 bits per heavy atom. The molecule has 1 unspecified atom stereocenters. The summed E-state index contributed by atoms with van der Waals surface area (Å²) in [5.74, 6) is 2.02. The molecule has 4 rings (SSSR count). The standard InChI is InChI=1S/C15H28BNO2/c1-9(2)6-13(17)16-18-12-8-10-7-11(14(10,3)4)15(12,5)19-16/h9-13H,6-8,17H2,1-5H3/t10-,11-,12+,13?,15-/m0/s1. The van der Waals surface area contributed by atoms with Crippen molar-refractivity contribution in [2.75, 3.05) is 0 Å². The summed E-state index contributed by atoms with van der Waals surface area (Å²) < 4.78 is 12.5. The van der Waals surface area contributed by atoms with Gasteiger partial charge in [0.05, 0.1) is 11.7 Å². The SMILES string of the molecule is CC(C)CC(N)B1O[C@@H]2C[C@@H]3C[C@@H](C3(C)C)[C@]2(C)O1. The van der Waals surface area contributed by atoms with Gasteiger partial charge in [-0.1, -0.05) is 27.7 Å². The average molecular weight is 265 g/mol. The van der Waals surface area contributed by atoms with Crippen LogP contribution in [0.5, 0.6) is 0 Å². The van der Waals surface area contributed by atoms with E-state index in [2.05, 4.69) is 34.6 Å². The first-order valence-corrected chi connectivity index (χ1v) is 7.84. The minimum atomic E-state index is -0.201. The van der Waals surface area contributed by atoms with Crippen molar-refractivity contribution in [1.29, 1.82) is 0 Å². The van der Waals surface area contributed by atoms with Crippen LogP contribution in [0.1, 0.15) is 53.9 Å². The van der Waals surface area contributed by atoms with Crippen molar-refractivity contribution >= 4 is 7.12 Å². The van der Waals surface area contributed by atoms with Crippen molar-refractivity contribution in [2.45, 2.75) is 71.5 Å². The molecule has 2 bridgehead atoms. The van der Waals surface area contributed by atoms with Crippen molar-refractivity contribution < 1.29 is 9.31 Å². The zero-order valence-corrected chi connectivity index (χ0v) is 13.0. The van der Waals surface area contributed by atoms with Gasteiger partial charge < -0.3 is 15.0 Å². The molecule has 0 aromatic carbocycles. The minimum Gasteiger partial charge on any atom is -0.404 e. The summed E-state index contributed by atoms with van der Waals surface area (Å²) in [4.78, 5) is 0. The highest BCUT2D eigenvalue weighted by molar-refractivity contribution is 6.47. The molecule has 4 fully saturated rings. The first-order valence-electron chi connectivity index (χ1n) is 7.84. The van der Waals surface area contributed by atoms with Crippen LogP contribution in [0, 0.1) is 23.2 Å². The molecule has 3 aliphatic carbocycles. The van der Waals surface area contributed by atoms with Crippen LogP contribution in [0.4, 0.5) is 0 Å². The zero-order chi connectivity index (χ0) is 14.0. The molecule has 3 nitrogen and oxygen atoms in total. The molecular formula is C15H28BNO2. The van der Waals surface area contributed by atoms with E-state index in [-0.39, 0.29) is 24.8 Å². The van der Waals surface area contributed by atoms with Gasteiger partial charge >= 0.3 is 7.12 Å². The number of nitrogens with two attached hydrogens (primary N) is 1. The molecule has 1 aliphatic heterocycles. The highest BCUT2D eigenvalue weighted by Crippen LogP contribution is 2.65. The van der Waals surface area contributed by atoms with Gasteiger partial charge in [-0.3, -0.25) is 0 Å². The molecule has 2 N–H and O–H groups in total. The third-order valence-electron chi connectivity index (χ3n) is 6.06. The van der Waals surface area contributed by atoms with Gasteiger partial charge in [0.2, 0.25) is 0 Å². The molecule has 3 saturated carbocycles. The maximum Gasteiger partial charge on any atom is 0.475 e. The Labute approximate surface area is 117 Å². The topological polar surface area (TPSA) is 44.5 Å². The van der Waals surface area contributed by atoms with E-state index in [0.717, 1.165) is 18.8 Å². The second-order valence-electron chi connectivity index (χ2n) is 8.13. The van der Waals surface area contributed by atoms with Gasteiger partial charge in [-0.2, -0.15) is 0 Å². The molecule has 0 spiro atoms. The van der Waals surface area contributed by atoms with Crippen molar-refractivity contribution in [2.24, 2.45) is 28.9 Å². The fraction of sp³-hybridized carbons (Fsp3) is 1.00. The van der Waals surface area contributed by atoms with Gasteiger partial charge in [0.1, 0.15) is 0 Å². The van der Waals surface area contributed by atoms with E-state index in [1.807, 2.05) is 0 Å². The molecule has 0 amide bonds. The second kappa shape index (κ2) is 4.22. The fourth-order valence-corrected chi connectivity index (χ4v) is 4.74. The van der Waals surface area contributed by atoms with Crippen LogP contribution in [-0.2, 0) is 9.31 Å². The van der Waals surface area contributed by atoms with E-state index in [1.54, 1.807) is 0 Å². The predicted octanol–water partition coefficient (Wildman–Crippen LogP) is 2.63. The monoisotopic (exact) mass is 265 g/mol. The summed E-state index contributed by atoms with van der Waals surface area (Å²) >= 11 is 0. The molecule has 4 heteroatoms. The Balaban J connectivity index is 1.74. The van der Waals surface area contributed by atoms with Gasteiger partial charge in [-0.05, 0) is 49.4 Å². The molecule has 5 atom stereocenters. The molecule has 0 radical (unpaired) electrons. The molecule has 4 aliphatic rings. The lowest BCUT2D eigenvalue weighted by molar-refractivity contribution is -0.199. The highest BCUT2D eigenvalue weighted by atomic mass is 16.7. The molecular weight excluding hydrogens is 237 g/mol. The van der Waals surface area contributed by atoms with Gasteiger partial charge in [0.25, 0.3) is 0 Å². The third-order valence-corrected chi connectivity index (χ3v) is 6.06. The fourth-order valence-electron chi connectivity index (χ4n) is 4.74. The van der Waals surface area contributed by atoms with Crippen LogP contribution in [0.25, 0.3) is 0 Å². The van der Waals surface area contributed by atoms with Gasteiger partial charge in [0.15, 0.2) is 0 Å². The maximum absolute atomic E-state index is 6.35. The van der Waals surface area contributed by atoms with E-state index in [9.17, 15) is 0 Å². The summed E-state index contributed by atoms with van der Waals surface area (Å²) in [7, 11) is -0.201. The Bertz CT molecular complexity index is 373. The lowest BCUT2D eigenvalue weighted by atomic mass is 9.43. The second-order valence-corrected chi connectivity index (χ2v) is 8.13. The van der Waals surface area contributed by atoms with Crippen LogP contribution in [0.3, 0.4) is 0 Å². The Morgan fingerprint density at radius 3 is 2.53 bits per heavy atom. The summed E-state index contributed by atoms with van der Waals surface area (Å²) in [6.45, 7) is 11.4. The average Bonchev–Trinajstić information content (AvgIpc) is 2.64. The van der Waals surface area contributed by atoms with E-state index < -0.39 is 0 Å². The predicted molar refractivity (Wildman–Crippen MR) is 77.5 cm³/mol. The van der Waals surface area contributed by atoms with Crippen molar-refractivity contribution in [1.82, 2.24) is 0 Å². The quantitative estimate of drug-likeness (QED) is 0.798. The lowest BCUT2D eigenvalue weighted by Crippen LogP contribution is -2.65. The van der Waals surface area contributed by atoms with Gasteiger partial charge in [-0.25, -0.2) is 0 Å². The van der Waals surface area contributed by atoms with E-state index in [1.165, 1.54) is 6.42 Å².